The predicted octanol–water partition coefficient (Wildman–Crippen LogP) is -0.823. The van der Waals surface area contributed by atoms with Crippen molar-refractivity contribution in [2.24, 2.45) is 11.5 Å². The number of aromatic amines is 1. The number of nitriles is 4. The first-order valence-electron chi connectivity index (χ1n) is 4.58. The van der Waals surface area contributed by atoms with Crippen LogP contribution in [0.5, 0.6) is 0 Å². The molecule has 20 heteroatoms. The molecular formula is C10H9I6N8O2Rf2Y2-3. The van der Waals surface area contributed by atoms with E-state index < -0.39 is 0 Å². The number of nitrogens with one attached hydrogen (secondary N) is 1. The van der Waals surface area contributed by atoms with Gasteiger partial charge < -0.3 is 31.7 Å². The Bertz CT molecular complexity index is 610. The largest absolute Gasteiger partial charge is 0.545 e. The molecule has 0 aromatic carbocycles. The van der Waals surface area contributed by atoms with Crippen molar-refractivity contribution < 1.29 is 88.9 Å². The summed E-state index contributed by atoms with van der Waals surface area (Å²) in [6, 6.07) is 6.54. The average molecular weight is 1750 g/mol. The number of hydrogen-bond donors (Lipinski definition) is 3. The minimum Gasteiger partial charge on any atom is -0.545 e. The summed E-state index contributed by atoms with van der Waals surface area (Å²) >= 11 is 9.54. The Kier molecular flexibility index (Phi) is 120. The van der Waals surface area contributed by atoms with Gasteiger partial charge in [0.05, 0.1) is 0 Å². The number of imidazole rings is 1. The van der Waals surface area contributed by atoms with Crippen LogP contribution >= 0.6 is 98.4 Å². The van der Waals surface area contributed by atoms with Crippen molar-refractivity contribution in [3.05, 3.63) is 29.1 Å². The molecule has 1 heterocycles. The van der Waals surface area contributed by atoms with E-state index in [0.29, 0.717) is 13.3 Å². The molecule has 1 aromatic rings. The average Bonchev–Trinajstić information content (AvgIpc) is 3.12. The van der Waals surface area contributed by atoms with Crippen molar-refractivity contribution in [3.63, 3.8) is 0 Å². The number of halogens is 6. The molecule has 0 saturated heterocycles. The van der Waals surface area contributed by atoms with Gasteiger partial charge in [-0.3, -0.25) is 6.79 Å². The maximum absolute atomic E-state index is 8.25. The smallest absolute Gasteiger partial charge is 0.145 e. The van der Waals surface area contributed by atoms with Crippen LogP contribution in [0.1, 0.15) is 11.4 Å². The molecule has 0 aliphatic rings. The number of nitrogens with two attached hydrogens (primary N) is 2. The summed E-state index contributed by atoms with van der Waals surface area (Å²) in [5, 5.41) is 32.4. The third kappa shape index (κ3) is 42.8. The molecule has 0 spiro atoms. The van der Waals surface area contributed by atoms with Gasteiger partial charge in [-0.1, -0.05) is 0 Å². The van der Waals surface area contributed by atoms with Gasteiger partial charge >= 0.3 is 50.5 Å². The summed E-state index contributed by atoms with van der Waals surface area (Å²) in [6.45, 7) is 3.25. The van der Waals surface area contributed by atoms with Crippen molar-refractivity contribution in [1.82, 2.24) is 9.97 Å². The van der Waals surface area contributed by atoms with Gasteiger partial charge in [-0.05, 0) is 5.69 Å². The number of aromatic nitrogens is 2. The second kappa shape index (κ2) is 57.1. The molecule has 0 aliphatic carbocycles. The number of allylic oxidation sites excluding steroid dienone is 2. The van der Waals surface area contributed by atoms with Crippen LogP contribution in [0.15, 0.2) is 11.4 Å². The number of hydrogen-bond acceptors (Lipinski definition) is 8. The maximum atomic E-state index is 8.25. The van der Waals surface area contributed by atoms with Gasteiger partial charge in [0.1, 0.15) is 23.5 Å². The zero-order valence-electron chi connectivity index (χ0n) is 14.7. The molecule has 0 amide bonds. The summed E-state index contributed by atoms with van der Waals surface area (Å²) in [4.78, 5) is 13.6. The zero-order chi connectivity index (χ0) is 20.0. The molecule has 0 atom stereocenters. The van der Waals surface area contributed by atoms with Gasteiger partial charge in [-0.25, -0.2) is 10.5 Å². The fourth-order valence-electron chi connectivity index (χ4n) is 0.537. The second-order valence-corrected chi connectivity index (χ2v) is 18.6. The first kappa shape index (κ1) is 63.2. The summed E-state index contributed by atoms with van der Waals surface area (Å²) in [7, 11) is 0. The summed E-state index contributed by atoms with van der Waals surface area (Å²) < 4.78 is 0. The molecule has 2 radical (unpaired) electrons. The molecule has 7 N–H and O–H groups in total. The van der Waals surface area contributed by atoms with Crippen molar-refractivity contribution in [3.8, 4) is 24.3 Å². The van der Waals surface area contributed by atoms with Gasteiger partial charge in [0.15, 0.2) is 0 Å². The molecule has 0 saturated carbocycles. The molecule has 0 bridgehead atoms. The van der Waals surface area contributed by atoms with Crippen molar-refractivity contribution in [1.29, 1.82) is 21.0 Å². The van der Waals surface area contributed by atoms with Crippen molar-refractivity contribution in [2.45, 2.75) is 0 Å². The van der Waals surface area contributed by atoms with E-state index in [2.05, 4.69) is 97.5 Å². The molecular weight excluding hydrogens is 1740 g/mol. The zero-order valence-corrected chi connectivity index (χ0v) is 46.3. The summed E-state index contributed by atoms with van der Waals surface area (Å²) in [6.07, 6.45) is 2.28. The Morgan fingerprint density at radius 1 is 1.00 bits per heavy atom. The quantitative estimate of drug-likeness (QED) is 0.129. The van der Waals surface area contributed by atoms with E-state index in [1.54, 1.807) is 12.1 Å². The number of nitrogens with zero attached hydrogens (tertiary/aromatic N) is 5. The van der Waals surface area contributed by atoms with E-state index in [9.17, 15) is 0 Å². The normalized spacial score (nSPS) is 6.27. The topological polar surface area (TPSA) is 224 Å². The molecule has 30 heavy (non-hydrogen) atoms. The van der Waals surface area contributed by atoms with Crippen LogP contribution in [-0.4, -0.2) is 22.2 Å². The first-order chi connectivity index (χ1) is 11.5. The third-order valence-electron chi connectivity index (χ3n) is 1.33. The van der Waals surface area contributed by atoms with Gasteiger partial charge in [0.2, 0.25) is 0 Å². The van der Waals surface area contributed by atoms with E-state index in [1.807, 2.05) is 0 Å². The molecule has 1 rings (SSSR count). The fourth-order valence-corrected chi connectivity index (χ4v) is 0.537. The van der Waals surface area contributed by atoms with Crippen LogP contribution in [0.3, 0.4) is 0 Å². The van der Waals surface area contributed by atoms with Crippen LogP contribution in [0, 0.1) is 51.7 Å². The second-order valence-electron chi connectivity index (χ2n) is 2.40. The Morgan fingerprint density at radius 3 is 1.47 bits per heavy atom. The van der Waals surface area contributed by atoms with Gasteiger partial charge in [-0.2, -0.15) is 10.5 Å². The van der Waals surface area contributed by atoms with E-state index in [4.69, 9.17) is 37.3 Å². The molecule has 10 nitrogen and oxygen atoms in total. The number of H-pyrrole nitrogens is 1. The van der Waals surface area contributed by atoms with E-state index in [0.717, 1.165) is 0 Å². The Morgan fingerprint density at radius 2 is 1.30 bits per heavy atom. The predicted molar refractivity (Wildman–Crippen MR) is 135 cm³/mol. The summed E-state index contributed by atoms with van der Waals surface area (Å²) in [5.41, 5.74) is 9.60. The number of rotatable bonds is 0. The third-order valence-corrected chi connectivity index (χ3v) is 1.33. The standard InChI is InChI=1S/C5HN4.C4H4N4.CHO.I3.I2.HI.H2O.2Rf.2Y/c6-1-4-5(2-7)9-3-8-4;5-1-3(7)4(8)2-6;1-2;1-3-2;1-2;;;;;;/h(H,8,9);7-8H2;1H;;;1H;1H2;;;;/q-1;;2*-1;;;;;;;/b;4-3-;;;;;;;;;. The monoisotopic (exact) mass is 1750 g/mol. The SMILES string of the molecule is I.II.I[I-]I.N#C/C(N)=C(/N)C#N.N#Cc1n[c-][nH]c1C#N.O.[CH-]=O.[Rf].[Rf].[Y].[Y]. The van der Waals surface area contributed by atoms with Gasteiger partial charge in [0, 0.05) is 127 Å². The Balaban J connectivity index is -0.0000000223. The Hall–Kier alpha value is 0.728. The van der Waals surface area contributed by atoms with Crippen LogP contribution in [0.2, 0.25) is 0 Å². The molecule has 0 fully saturated rings. The van der Waals surface area contributed by atoms with Gasteiger partial charge in [-0.15, -0.1) is 24.0 Å². The van der Waals surface area contributed by atoms with Crippen LogP contribution in [-0.2, 0) is 70.2 Å². The summed E-state index contributed by atoms with van der Waals surface area (Å²) in [5.74, 6) is 0. The van der Waals surface area contributed by atoms with Gasteiger partial charge in [0.25, 0.3) is 0 Å². The molecule has 1 aromatic heterocycles. The van der Waals surface area contributed by atoms with E-state index >= 15 is 0 Å². The van der Waals surface area contributed by atoms with Crippen molar-refractivity contribution >= 4 is 105 Å². The molecule has 0 unspecified atom stereocenters. The molecule has 156 valence electrons. The minimum absolute atomic E-state index is 0. The van der Waals surface area contributed by atoms with E-state index in [1.165, 1.54) is 12.1 Å². The van der Waals surface area contributed by atoms with Crippen molar-refractivity contribution in [2.75, 3.05) is 0 Å². The van der Waals surface area contributed by atoms with Crippen LogP contribution in [0.25, 0.3) is 0 Å². The fraction of sp³-hybridized carbons (Fsp3) is 0. The first-order valence-corrected chi connectivity index (χ1v) is 23.4. The van der Waals surface area contributed by atoms with Crippen LogP contribution < -0.4 is 24.7 Å². The van der Waals surface area contributed by atoms with Crippen LogP contribution in [0.4, 0.5) is 0 Å². The molecule has 0 aliphatic heterocycles. The Labute approximate surface area is 283 Å². The minimum atomic E-state index is -0.229. The maximum Gasteiger partial charge on any atom is 0.145 e. The number of carbonyl (C=O) groups excluding carboxylic acids is 1. The van der Waals surface area contributed by atoms with E-state index in [-0.39, 0.29) is 118 Å².